The van der Waals surface area contributed by atoms with Gasteiger partial charge in [-0.05, 0) is 67.3 Å². The van der Waals surface area contributed by atoms with Crippen LogP contribution in [0.25, 0.3) is 0 Å². The van der Waals surface area contributed by atoms with Crippen LogP contribution in [0.2, 0.25) is 0 Å². The molecule has 2 saturated carbocycles. The summed E-state index contributed by atoms with van der Waals surface area (Å²) in [6.45, 7) is 14.8. The van der Waals surface area contributed by atoms with Gasteiger partial charge in [0.2, 0.25) is 0 Å². The number of rotatable bonds is 13. The van der Waals surface area contributed by atoms with Crippen molar-refractivity contribution in [1.29, 1.82) is 5.26 Å². The molecule has 3 aromatic rings. The van der Waals surface area contributed by atoms with Crippen LogP contribution in [-0.2, 0) is 9.47 Å². The number of amides is 1. The fourth-order valence-electron chi connectivity index (χ4n) is 8.77. The molecule has 3 aliphatic rings. The molecule has 1 amide bonds. The zero-order chi connectivity index (χ0) is 39.7. The van der Waals surface area contributed by atoms with Gasteiger partial charge in [0.05, 0.1) is 38.1 Å². The Kier molecular flexibility index (Phi) is 11.6. The number of hydrogen-bond donors (Lipinski definition) is 2. The van der Waals surface area contributed by atoms with Gasteiger partial charge in [-0.2, -0.15) is 5.26 Å². The number of esters is 1. The number of ether oxygens (including phenoxy) is 5. The lowest BCUT2D eigenvalue weighted by molar-refractivity contribution is -0.164. The number of nitrogens with zero attached hydrogens (tertiary/aromatic N) is 2. The molecular formula is C43H53FN4O7. The minimum Gasteiger partial charge on any atom is -0.495 e. The van der Waals surface area contributed by atoms with Crippen LogP contribution in [0.5, 0.6) is 17.2 Å². The molecule has 0 unspecified atom stereocenters. The van der Waals surface area contributed by atoms with Gasteiger partial charge in [-0.1, -0.05) is 41.5 Å². The first kappa shape index (κ1) is 39.8. The summed E-state index contributed by atoms with van der Waals surface area (Å²) in [5.74, 6) is 0.263. The Labute approximate surface area is 323 Å². The van der Waals surface area contributed by atoms with Gasteiger partial charge in [0.15, 0.2) is 0 Å². The molecule has 0 aromatic heterocycles. The predicted molar refractivity (Wildman–Crippen MR) is 206 cm³/mol. The van der Waals surface area contributed by atoms with Crippen LogP contribution >= 0.6 is 0 Å². The number of morpholine rings is 1. The third-order valence-electron chi connectivity index (χ3n) is 11.5. The molecule has 1 heterocycles. The third kappa shape index (κ3) is 8.24. The molecule has 1 aliphatic heterocycles. The van der Waals surface area contributed by atoms with E-state index in [0.29, 0.717) is 47.4 Å². The molecule has 3 fully saturated rings. The smallest absolute Gasteiger partial charge is 0.340 e. The molecule has 12 heteroatoms. The highest BCUT2D eigenvalue weighted by molar-refractivity contribution is 5.95. The van der Waals surface area contributed by atoms with Crippen LogP contribution in [0.3, 0.4) is 0 Å². The number of anilines is 1. The van der Waals surface area contributed by atoms with E-state index in [1.807, 2.05) is 24.3 Å². The first-order valence-electron chi connectivity index (χ1n) is 19.0. The van der Waals surface area contributed by atoms with E-state index in [9.17, 15) is 19.2 Å². The van der Waals surface area contributed by atoms with E-state index >= 15 is 0 Å². The van der Waals surface area contributed by atoms with Crippen LogP contribution < -0.4 is 29.7 Å². The van der Waals surface area contributed by atoms with E-state index in [1.165, 1.54) is 26.4 Å². The van der Waals surface area contributed by atoms with E-state index in [2.05, 4.69) is 67.9 Å². The summed E-state index contributed by atoms with van der Waals surface area (Å²) in [6.07, 6.45) is 1.27. The van der Waals surface area contributed by atoms with Crippen molar-refractivity contribution in [3.63, 3.8) is 0 Å². The van der Waals surface area contributed by atoms with E-state index in [0.717, 1.165) is 25.1 Å². The Morgan fingerprint density at radius 1 is 0.964 bits per heavy atom. The lowest BCUT2D eigenvalue weighted by Gasteiger charge is -2.63. The van der Waals surface area contributed by atoms with E-state index in [-0.39, 0.29) is 58.7 Å². The number of halogens is 1. The average molecular weight is 757 g/mol. The first-order valence-corrected chi connectivity index (χ1v) is 19.0. The maximum atomic E-state index is 14.4. The van der Waals surface area contributed by atoms with Crippen molar-refractivity contribution in [2.45, 2.75) is 90.8 Å². The van der Waals surface area contributed by atoms with Gasteiger partial charge >= 0.3 is 5.97 Å². The molecule has 0 radical (unpaired) electrons. The molecule has 0 bridgehead atoms. The minimum atomic E-state index is -0.719. The van der Waals surface area contributed by atoms with Crippen molar-refractivity contribution in [1.82, 2.24) is 10.6 Å². The highest BCUT2D eigenvalue weighted by Crippen LogP contribution is 2.55. The topological polar surface area (TPSA) is 131 Å². The number of carbonyl (C=O) groups is 2. The molecule has 2 N–H and O–H groups in total. The van der Waals surface area contributed by atoms with Crippen molar-refractivity contribution < 1.29 is 37.7 Å². The highest BCUT2D eigenvalue weighted by Gasteiger charge is 2.64. The zero-order valence-corrected chi connectivity index (χ0v) is 33.0. The molecule has 294 valence electrons. The molecular weight excluding hydrogens is 703 g/mol. The second-order valence-electron chi connectivity index (χ2n) is 16.4. The molecule has 1 saturated heterocycles. The van der Waals surface area contributed by atoms with Crippen molar-refractivity contribution in [3.8, 4) is 23.3 Å². The first-order chi connectivity index (χ1) is 26.2. The number of nitriles is 1. The molecule has 0 spiro atoms. The maximum absolute atomic E-state index is 14.4. The fourth-order valence-corrected chi connectivity index (χ4v) is 8.77. The number of benzene rings is 3. The summed E-state index contributed by atoms with van der Waals surface area (Å²) in [5.41, 5.74) is 1.22. The largest absolute Gasteiger partial charge is 0.495 e. The quantitative estimate of drug-likeness (QED) is 0.186. The molecule has 3 aromatic carbocycles. The Hall–Kier alpha value is -4.86. The van der Waals surface area contributed by atoms with E-state index < -0.39 is 11.8 Å². The monoisotopic (exact) mass is 756 g/mol. The number of nitrogens with one attached hydrogen (secondary N) is 2. The van der Waals surface area contributed by atoms with Crippen molar-refractivity contribution in [2.24, 2.45) is 16.7 Å². The molecule has 6 rings (SSSR count). The van der Waals surface area contributed by atoms with Gasteiger partial charge in [0.25, 0.3) is 5.91 Å². The number of carbonyl (C=O) groups excluding carboxylic acids is 2. The summed E-state index contributed by atoms with van der Waals surface area (Å²) in [6, 6.07) is 19.5. The molecule has 2 atom stereocenters. The third-order valence-corrected chi connectivity index (χ3v) is 11.5. The maximum Gasteiger partial charge on any atom is 0.340 e. The van der Waals surface area contributed by atoms with Crippen LogP contribution in [0.1, 0.15) is 80.7 Å². The van der Waals surface area contributed by atoms with Crippen LogP contribution in [0, 0.1) is 33.9 Å². The summed E-state index contributed by atoms with van der Waals surface area (Å²) in [5, 5.41) is 16.4. The van der Waals surface area contributed by atoms with Gasteiger partial charge in [-0.15, -0.1) is 0 Å². The van der Waals surface area contributed by atoms with Gasteiger partial charge in [-0.3, -0.25) is 4.79 Å². The SMILES string of the molecule is COC(=O)c1ccc(OC2CC(N[C@H](C(C)C)[C@H]3CN(c4ccc(C(=O)NC5C(C)(C)C(Oc6ccc(C#N)c(OC)c6)C5(C)C)cc4)CCO3)C2)cc1F. The Bertz CT molecular complexity index is 1890. The summed E-state index contributed by atoms with van der Waals surface area (Å²) in [4.78, 5) is 27.6. The number of hydrogen-bond acceptors (Lipinski definition) is 10. The Balaban J connectivity index is 1.01. The Morgan fingerprint density at radius 3 is 2.25 bits per heavy atom. The standard InChI is InChI=1S/C43H53FN4O7/c1-25(2)37(46-28-19-32(20-28)54-30-15-16-33(34(44)21-30)39(50)52-8)36-24-48(17-18-53-36)29-12-9-26(10-13-29)38(49)47-40-42(3,4)41(43(40,5)6)55-31-14-11-27(23-45)35(22-31)51-7/h9-16,21-22,25,28,32,36-37,40-41,46H,17-20,24H2,1-8H3,(H,47,49)/t28?,32?,36-,37-,40?,41?/m1/s1. The van der Waals surface area contributed by atoms with Crippen LogP contribution in [-0.4, -0.2) is 82.2 Å². The van der Waals surface area contributed by atoms with Crippen molar-refractivity contribution >= 4 is 17.6 Å². The van der Waals surface area contributed by atoms with Gasteiger partial charge in [0.1, 0.15) is 41.3 Å². The molecule has 2 aliphatic carbocycles. The second kappa shape index (κ2) is 16.1. The fraction of sp³-hybridized carbons (Fsp3) is 0.512. The normalized spacial score (nSPS) is 24.4. The highest BCUT2D eigenvalue weighted by atomic mass is 19.1. The number of methoxy groups -OCH3 is 2. The summed E-state index contributed by atoms with van der Waals surface area (Å²) >= 11 is 0. The van der Waals surface area contributed by atoms with Crippen LogP contribution in [0.4, 0.5) is 10.1 Å². The van der Waals surface area contributed by atoms with Gasteiger partial charge < -0.3 is 39.2 Å². The molecule has 11 nitrogen and oxygen atoms in total. The second-order valence-corrected chi connectivity index (χ2v) is 16.4. The van der Waals surface area contributed by atoms with Crippen LogP contribution in [0.15, 0.2) is 60.7 Å². The molecule has 55 heavy (non-hydrogen) atoms. The summed E-state index contributed by atoms with van der Waals surface area (Å²) in [7, 11) is 2.75. The summed E-state index contributed by atoms with van der Waals surface area (Å²) < 4.78 is 43.1. The van der Waals surface area contributed by atoms with Gasteiger partial charge in [-0.25, -0.2) is 9.18 Å². The van der Waals surface area contributed by atoms with Crippen molar-refractivity contribution in [3.05, 3.63) is 83.2 Å². The lowest BCUT2D eigenvalue weighted by Crippen LogP contribution is -2.74. The lowest BCUT2D eigenvalue weighted by atomic mass is 9.49. The van der Waals surface area contributed by atoms with Gasteiger partial charge in [0, 0.05) is 65.4 Å². The van der Waals surface area contributed by atoms with E-state index in [1.54, 1.807) is 24.3 Å². The average Bonchev–Trinajstić information content (AvgIpc) is 3.16. The Morgan fingerprint density at radius 2 is 1.64 bits per heavy atom. The van der Waals surface area contributed by atoms with E-state index in [4.69, 9.17) is 18.9 Å². The van der Waals surface area contributed by atoms with Crippen molar-refractivity contribution in [2.75, 3.05) is 38.8 Å². The predicted octanol–water partition coefficient (Wildman–Crippen LogP) is 6.53. The minimum absolute atomic E-state index is 0.0414. The zero-order valence-electron chi connectivity index (χ0n) is 33.0.